The summed E-state index contributed by atoms with van der Waals surface area (Å²) in [5.74, 6) is 0.857. The fraction of sp³-hybridized carbons (Fsp3) is 0.143. The van der Waals surface area contributed by atoms with Gasteiger partial charge in [0.15, 0.2) is 0 Å². The van der Waals surface area contributed by atoms with Crippen LogP contribution in [0.2, 0.25) is 5.02 Å². The molecule has 1 nitrogen and oxygen atoms in total. The highest BCUT2D eigenvalue weighted by atomic mass is 35.5. The van der Waals surface area contributed by atoms with E-state index >= 15 is 0 Å². The lowest BCUT2D eigenvalue weighted by atomic mass is 9.84. The van der Waals surface area contributed by atoms with Gasteiger partial charge in [-0.15, -0.1) is 11.8 Å². The normalized spacial score (nSPS) is 11.4. The van der Waals surface area contributed by atoms with Gasteiger partial charge in [-0.25, -0.2) is 0 Å². The second-order valence-corrected chi connectivity index (χ2v) is 7.31. The largest absolute Gasteiger partial charge is 0.330 e. The zero-order chi connectivity index (χ0) is 16.8. The minimum Gasteiger partial charge on any atom is -0.330 e. The van der Waals surface area contributed by atoms with Gasteiger partial charge in [0.1, 0.15) is 0 Å². The Labute approximate surface area is 152 Å². The first-order valence-electron chi connectivity index (χ1n) is 7.98. The van der Waals surface area contributed by atoms with E-state index in [4.69, 9.17) is 17.3 Å². The average molecular weight is 354 g/mol. The first kappa shape index (κ1) is 17.1. The fourth-order valence-electron chi connectivity index (χ4n) is 3.02. The van der Waals surface area contributed by atoms with Crippen molar-refractivity contribution in [3.05, 3.63) is 107 Å². The van der Waals surface area contributed by atoms with Crippen LogP contribution in [0.15, 0.2) is 84.9 Å². The molecule has 0 heterocycles. The number of rotatable bonds is 6. The highest BCUT2D eigenvalue weighted by Gasteiger charge is 2.36. The average Bonchev–Trinajstić information content (AvgIpc) is 2.64. The van der Waals surface area contributed by atoms with Gasteiger partial charge in [-0.2, -0.15) is 0 Å². The molecule has 122 valence electrons. The molecule has 0 amide bonds. The van der Waals surface area contributed by atoms with Crippen molar-refractivity contribution in [3.63, 3.8) is 0 Å². The maximum Gasteiger partial charge on any atom is 0.0907 e. The van der Waals surface area contributed by atoms with Gasteiger partial charge in [-0.3, -0.25) is 0 Å². The van der Waals surface area contributed by atoms with Crippen molar-refractivity contribution in [1.82, 2.24) is 0 Å². The molecule has 0 fully saturated rings. The lowest BCUT2D eigenvalue weighted by Crippen LogP contribution is -2.27. The number of thioether (sulfide) groups is 1. The Hall–Kier alpha value is -1.74. The Bertz CT molecular complexity index is 735. The SMILES string of the molecule is NCCSC(c1ccccc1)(c1ccccc1)c1cccc(Cl)c1. The molecule has 0 unspecified atom stereocenters. The molecule has 0 saturated heterocycles. The van der Waals surface area contributed by atoms with Crippen LogP contribution in [0.25, 0.3) is 0 Å². The maximum atomic E-state index is 6.33. The molecular weight excluding hydrogens is 334 g/mol. The van der Waals surface area contributed by atoms with Crippen LogP contribution >= 0.6 is 23.4 Å². The second-order valence-electron chi connectivity index (χ2n) is 5.56. The third-order valence-electron chi connectivity index (χ3n) is 4.03. The number of nitrogens with two attached hydrogens (primary N) is 1. The third kappa shape index (κ3) is 3.36. The predicted octanol–water partition coefficient (Wildman–Crippen LogP) is 5.32. The third-order valence-corrected chi connectivity index (χ3v) is 5.84. The zero-order valence-electron chi connectivity index (χ0n) is 13.4. The molecule has 24 heavy (non-hydrogen) atoms. The lowest BCUT2D eigenvalue weighted by Gasteiger charge is -2.35. The molecule has 0 radical (unpaired) electrons. The van der Waals surface area contributed by atoms with Gasteiger partial charge in [0.25, 0.3) is 0 Å². The molecule has 0 aliphatic rings. The number of halogens is 1. The van der Waals surface area contributed by atoms with Crippen molar-refractivity contribution >= 4 is 23.4 Å². The van der Waals surface area contributed by atoms with E-state index < -0.39 is 0 Å². The highest BCUT2D eigenvalue weighted by molar-refractivity contribution is 8.00. The molecule has 2 N–H and O–H groups in total. The van der Waals surface area contributed by atoms with Crippen LogP contribution in [-0.2, 0) is 4.75 Å². The fourth-order valence-corrected chi connectivity index (χ4v) is 4.53. The first-order valence-corrected chi connectivity index (χ1v) is 9.35. The summed E-state index contributed by atoms with van der Waals surface area (Å²) in [6, 6.07) is 29.3. The molecule has 0 bridgehead atoms. The summed E-state index contributed by atoms with van der Waals surface area (Å²) >= 11 is 8.18. The van der Waals surface area contributed by atoms with Crippen molar-refractivity contribution < 1.29 is 0 Å². The Morgan fingerprint density at radius 1 is 0.750 bits per heavy atom. The predicted molar refractivity (Wildman–Crippen MR) is 106 cm³/mol. The Morgan fingerprint density at radius 2 is 1.29 bits per heavy atom. The summed E-state index contributed by atoms with van der Waals surface area (Å²) in [7, 11) is 0. The number of hydrogen-bond acceptors (Lipinski definition) is 2. The van der Waals surface area contributed by atoms with E-state index in [2.05, 4.69) is 60.7 Å². The quantitative estimate of drug-likeness (QED) is 0.606. The van der Waals surface area contributed by atoms with Gasteiger partial charge in [0, 0.05) is 17.3 Å². The van der Waals surface area contributed by atoms with E-state index in [-0.39, 0.29) is 4.75 Å². The minimum absolute atomic E-state index is 0.327. The molecule has 0 aliphatic carbocycles. The Balaban J connectivity index is 2.28. The summed E-state index contributed by atoms with van der Waals surface area (Å²) in [5, 5.41) is 0.747. The van der Waals surface area contributed by atoms with Crippen LogP contribution in [0, 0.1) is 0 Å². The Kier molecular flexibility index (Phi) is 5.62. The molecule has 0 atom stereocenters. The smallest absolute Gasteiger partial charge is 0.0907 e. The molecule has 3 heteroatoms. The molecule has 0 aliphatic heterocycles. The number of benzene rings is 3. The van der Waals surface area contributed by atoms with Crippen LogP contribution in [0.4, 0.5) is 0 Å². The summed E-state index contributed by atoms with van der Waals surface area (Å²) in [5.41, 5.74) is 9.49. The second kappa shape index (κ2) is 7.89. The van der Waals surface area contributed by atoms with E-state index in [1.807, 2.05) is 36.0 Å². The molecule has 3 aromatic carbocycles. The van der Waals surface area contributed by atoms with Crippen LogP contribution in [0.3, 0.4) is 0 Å². The van der Waals surface area contributed by atoms with Crippen LogP contribution in [0.1, 0.15) is 16.7 Å². The van der Waals surface area contributed by atoms with Gasteiger partial charge in [0.2, 0.25) is 0 Å². The van der Waals surface area contributed by atoms with Gasteiger partial charge in [-0.1, -0.05) is 84.4 Å². The Morgan fingerprint density at radius 3 is 1.79 bits per heavy atom. The van der Waals surface area contributed by atoms with Crippen molar-refractivity contribution in [3.8, 4) is 0 Å². The summed E-state index contributed by atoms with van der Waals surface area (Å²) in [6.45, 7) is 0.632. The molecule has 0 aromatic heterocycles. The van der Waals surface area contributed by atoms with Gasteiger partial charge >= 0.3 is 0 Å². The van der Waals surface area contributed by atoms with E-state index in [1.165, 1.54) is 16.7 Å². The van der Waals surface area contributed by atoms with E-state index in [9.17, 15) is 0 Å². The van der Waals surface area contributed by atoms with Gasteiger partial charge in [-0.05, 0) is 28.8 Å². The number of hydrogen-bond donors (Lipinski definition) is 1. The highest BCUT2D eigenvalue weighted by Crippen LogP contribution is 2.48. The van der Waals surface area contributed by atoms with E-state index in [0.717, 1.165) is 10.8 Å². The van der Waals surface area contributed by atoms with Gasteiger partial charge in [0.05, 0.1) is 4.75 Å². The molecule has 0 saturated carbocycles. The first-order chi connectivity index (χ1) is 11.8. The van der Waals surface area contributed by atoms with Crippen molar-refractivity contribution in [2.24, 2.45) is 5.73 Å². The zero-order valence-corrected chi connectivity index (χ0v) is 14.9. The standard InChI is InChI=1S/C21H20ClNS/c22-20-13-7-12-19(16-20)21(24-15-14-23,17-8-3-1-4-9-17)18-10-5-2-6-11-18/h1-13,16H,14-15,23H2. The van der Waals surface area contributed by atoms with Crippen molar-refractivity contribution in [2.45, 2.75) is 4.75 Å². The van der Waals surface area contributed by atoms with Crippen molar-refractivity contribution in [1.29, 1.82) is 0 Å². The minimum atomic E-state index is -0.327. The topological polar surface area (TPSA) is 26.0 Å². The molecule has 3 rings (SSSR count). The van der Waals surface area contributed by atoms with Crippen LogP contribution < -0.4 is 5.73 Å². The summed E-state index contributed by atoms with van der Waals surface area (Å²) in [6.07, 6.45) is 0. The molecule has 0 spiro atoms. The van der Waals surface area contributed by atoms with Gasteiger partial charge < -0.3 is 5.73 Å². The van der Waals surface area contributed by atoms with Crippen LogP contribution in [0.5, 0.6) is 0 Å². The lowest BCUT2D eigenvalue weighted by molar-refractivity contribution is 0.892. The summed E-state index contributed by atoms with van der Waals surface area (Å²) < 4.78 is -0.327. The van der Waals surface area contributed by atoms with Crippen LogP contribution in [-0.4, -0.2) is 12.3 Å². The van der Waals surface area contributed by atoms with Crippen molar-refractivity contribution in [2.75, 3.05) is 12.3 Å². The molecular formula is C21H20ClNS. The van der Waals surface area contributed by atoms with E-state index in [1.54, 1.807) is 0 Å². The maximum absolute atomic E-state index is 6.33. The molecule has 3 aromatic rings. The van der Waals surface area contributed by atoms with E-state index in [0.29, 0.717) is 6.54 Å². The monoisotopic (exact) mass is 353 g/mol. The summed E-state index contributed by atoms with van der Waals surface area (Å²) in [4.78, 5) is 0.